The minimum atomic E-state index is -0.511. The fourth-order valence-corrected chi connectivity index (χ4v) is 1.80. The second kappa shape index (κ2) is 5.09. The minimum Gasteiger partial charge on any atom is -0.366 e. The van der Waals surface area contributed by atoms with Crippen molar-refractivity contribution < 1.29 is 4.79 Å². The van der Waals surface area contributed by atoms with Crippen LogP contribution < -0.4 is 11.6 Å². The summed E-state index contributed by atoms with van der Waals surface area (Å²) in [5, 5.41) is 7.09. The smallest absolute Gasteiger partial charge is 0.249 e. The van der Waals surface area contributed by atoms with Crippen molar-refractivity contribution in [3.05, 3.63) is 54.1 Å². The van der Waals surface area contributed by atoms with Crippen molar-refractivity contribution in [1.29, 1.82) is 0 Å². The van der Waals surface area contributed by atoms with Gasteiger partial charge in [0.05, 0.1) is 5.69 Å². The molecule has 5 heteroatoms. The zero-order valence-electron chi connectivity index (χ0n) is 9.58. The SMILES string of the molecule is NN=Nc1cccc(C(N)=O)c1-c1ccccc1. The summed E-state index contributed by atoms with van der Waals surface area (Å²) < 4.78 is 0. The molecule has 1 amide bonds. The second-order valence-electron chi connectivity index (χ2n) is 3.65. The van der Waals surface area contributed by atoms with Crippen molar-refractivity contribution in [1.82, 2.24) is 0 Å². The Morgan fingerprint density at radius 3 is 2.33 bits per heavy atom. The first-order chi connectivity index (χ1) is 8.74. The Balaban J connectivity index is 2.72. The first-order valence-corrected chi connectivity index (χ1v) is 5.33. The normalized spacial score (nSPS) is 10.7. The van der Waals surface area contributed by atoms with Gasteiger partial charge in [0, 0.05) is 11.1 Å². The predicted octanol–water partition coefficient (Wildman–Crippen LogP) is 2.41. The number of carbonyl (C=O) groups excluding carboxylic acids is 1. The summed E-state index contributed by atoms with van der Waals surface area (Å²) in [6.45, 7) is 0. The molecule has 2 aromatic rings. The molecule has 0 aliphatic carbocycles. The number of hydrogen-bond acceptors (Lipinski definition) is 3. The molecule has 0 bridgehead atoms. The van der Waals surface area contributed by atoms with Crippen LogP contribution in [0, 0.1) is 0 Å². The molecule has 18 heavy (non-hydrogen) atoms. The summed E-state index contributed by atoms with van der Waals surface area (Å²) >= 11 is 0. The molecule has 0 heterocycles. The number of benzene rings is 2. The lowest BCUT2D eigenvalue weighted by Gasteiger charge is -2.09. The first-order valence-electron chi connectivity index (χ1n) is 5.33. The minimum absolute atomic E-state index is 0.395. The Kier molecular flexibility index (Phi) is 3.33. The quantitative estimate of drug-likeness (QED) is 0.489. The maximum absolute atomic E-state index is 11.5. The van der Waals surface area contributed by atoms with Crippen molar-refractivity contribution in [2.24, 2.45) is 21.9 Å². The van der Waals surface area contributed by atoms with Crippen LogP contribution >= 0.6 is 0 Å². The molecule has 0 aliphatic rings. The first kappa shape index (κ1) is 11.8. The van der Waals surface area contributed by atoms with E-state index in [0.29, 0.717) is 16.8 Å². The summed E-state index contributed by atoms with van der Waals surface area (Å²) in [5.41, 5.74) is 7.76. The van der Waals surface area contributed by atoms with E-state index in [-0.39, 0.29) is 0 Å². The molecule has 4 N–H and O–H groups in total. The van der Waals surface area contributed by atoms with Gasteiger partial charge in [-0.05, 0) is 17.7 Å². The lowest BCUT2D eigenvalue weighted by Crippen LogP contribution is -2.12. The van der Waals surface area contributed by atoms with E-state index in [0.717, 1.165) is 5.56 Å². The van der Waals surface area contributed by atoms with Crippen LogP contribution in [0.15, 0.2) is 58.9 Å². The highest BCUT2D eigenvalue weighted by atomic mass is 16.1. The van der Waals surface area contributed by atoms with E-state index in [1.54, 1.807) is 18.2 Å². The van der Waals surface area contributed by atoms with Gasteiger partial charge in [0.15, 0.2) is 0 Å². The van der Waals surface area contributed by atoms with Gasteiger partial charge in [0.1, 0.15) is 0 Å². The molecular formula is C13H12N4O. The van der Waals surface area contributed by atoms with E-state index < -0.39 is 5.91 Å². The number of carbonyl (C=O) groups is 1. The van der Waals surface area contributed by atoms with Crippen LogP contribution in [0.1, 0.15) is 10.4 Å². The van der Waals surface area contributed by atoms with E-state index in [2.05, 4.69) is 10.3 Å². The van der Waals surface area contributed by atoms with Gasteiger partial charge in [-0.1, -0.05) is 41.6 Å². The molecule has 0 fully saturated rings. The number of nitrogens with zero attached hydrogens (tertiary/aromatic N) is 2. The van der Waals surface area contributed by atoms with Gasteiger partial charge in [-0.15, -0.1) is 5.11 Å². The van der Waals surface area contributed by atoms with Gasteiger partial charge in [-0.3, -0.25) is 4.79 Å². The van der Waals surface area contributed by atoms with Crippen LogP contribution in [0.2, 0.25) is 0 Å². The van der Waals surface area contributed by atoms with Gasteiger partial charge in [0.25, 0.3) is 0 Å². The van der Waals surface area contributed by atoms with Crippen LogP contribution in [0.4, 0.5) is 5.69 Å². The van der Waals surface area contributed by atoms with Crippen molar-refractivity contribution in [2.45, 2.75) is 0 Å². The molecule has 2 aromatic carbocycles. The Morgan fingerprint density at radius 2 is 1.72 bits per heavy atom. The summed E-state index contributed by atoms with van der Waals surface area (Å²) in [6, 6.07) is 14.4. The highest BCUT2D eigenvalue weighted by Gasteiger charge is 2.14. The molecule has 0 saturated heterocycles. The van der Waals surface area contributed by atoms with E-state index in [4.69, 9.17) is 11.6 Å². The Hall–Kier alpha value is -2.69. The van der Waals surface area contributed by atoms with E-state index >= 15 is 0 Å². The molecule has 0 saturated carbocycles. The molecule has 0 atom stereocenters. The van der Waals surface area contributed by atoms with Crippen LogP contribution in [-0.2, 0) is 0 Å². The third kappa shape index (κ3) is 2.20. The molecule has 2 rings (SSSR count). The predicted molar refractivity (Wildman–Crippen MR) is 69.1 cm³/mol. The maximum atomic E-state index is 11.5. The Bertz CT molecular complexity index is 593. The Labute approximate surface area is 104 Å². The van der Waals surface area contributed by atoms with E-state index in [9.17, 15) is 4.79 Å². The van der Waals surface area contributed by atoms with Crippen molar-refractivity contribution in [2.75, 3.05) is 0 Å². The van der Waals surface area contributed by atoms with Gasteiger partial charge < -0.3 is 11.6 Å². The van der Waals surface area contributed by atoms with Crippen LogP contribution in [-0.4, -0.2) is 5.91 Å². The standard InChI is InChI=1S/C13H12N4O/c14-13(18)10-7-4-8-11(16-17-15)12(10)9-5-2-1-3-6-9/h1-8H,(H2,14,18)(H2,15,16). The maximum Gasteiger partial charge on any atom is 0.249 e. The second-order valence-corrected chi connectivity index (χ2v) is 3.65. The molecule has 5 nitrogen and oxygen atoms in total. The lowest BCUT2D eigenvalue weighted by atomic mass is 9.97. The van der Waals surface area contributed by atoms with Crippen molar-refractivity contribution >= 4 is 11.6 Å². The number of rotatable bonds is 3. The topological polar surface area (TPSA) is 93.8 Å². The molecule has 0 unspecified atom stereocenters. The largest absolute Gasteiger partial charge is 0.366 e. The summed E-state index contributed by atoms with van der Waals surface area (Å²) in [5.74, 6) is 4.56. The third-order valence-electron chi connectivity index (χ3n) is 2.54. The third-order valence-corrected chi connectivity index (χ3v) is 2.54. The number of amides is 1. The molecule has 0 radical (unpaired) electrons. The molecule has 90 valence electrons. The number of primary amides is 1. The average molecular weight is 240 g/mol. The zero-order valence-corrected chi connectivity index (χ0v) is 9.58. The van der Waals surface area contributed by atoms with Gasteiger partial charge in [-0.2, -0.15) is 0 Å². The average Bonchev–Trinajstić information content (AvgIpc) is 2.40. The van der Waals surface area contributed by atoms with Crippen molar-refractivity contribution in [3.8, 4) is 11.1 Å². The van der Waals surface area contributed by atoms with E-state index in [1.807, 2.05) is 30.3 Å². The molecule has 0 aliphatic heterocycles. The van der Waals surface area contributed by atoms with Gasteiger partial charge in [-0.25, -0.2) is 0 Å². The zero-order chi connectivity index (χ0) is 13.0. The van der Waals surface area contributed by atoms with Crippen LogP contribution in [0.25, 0.3) is 11.1 Å². The highest BCUT2D eigenvalue weighted by Crippen LogP contribution is 2.33. The van der Waals surface area contributed by atoms with Crippen LogP contribution in [0.5, 0.6) is 0 Å². The van der Waals surface area contributed by atoms with Crippen LogP contribution in [0.3, 0.4) is 0 Å². The monoisotopic (exact) mass is 240 g/mol. The van der Waals surface area contributed by atoms with Crippen molar-refractivity contribution in [3.63, 3.8) is 0 Å². The fraction of sp³-hybridized carbons (Fsp3) is 0. The highest BCUT2D eigenvalue weighted by molar-refractivity contribution is 6.02. The number of hydrogen-bond donors (Lipinski definition) is 2. The summed E-state index contributed by atoms with van der Waals surface area (Å²) in [4.78, 5) is 11.5. The molecule has 0 spiro atoms. The lowest BCUT2D eigenvalue weighted by molar-refractivity contribution is 0.100. The summed E-state index contributed by atoms with van der Waals surface area (Å²) in [7, 11) is 0. The Morgan fingerprint density at radius 1 is 1.00 bits per heavy atom. The molecular weight excluding hydrogens is 228 g/mol. The fourth-order valence-electron chi connectivity index (χ4n) is 1.80. The van der Waals surface area contributed by atoms with E-state index in [1.165, 1.54) is 0 Å². The number of nitrogens with two attached hydrogens (primary N) is 2. The summed E-state index contributed by atoms with van der Waals surface area (Å²) in [6.07, 6.45) is 0. The van der Waals surface area contributed by atoms with Gasteiger partial charge in [0.2, 0.25) is 5.91 Å². The molecule has 0 aromatic heterocycles. The van der Waals surface area contributed by atoms with Gasteiger partial charge >= 0.3 is 0 Å².